The second-order valence-corrected chi connectivity index (χ2v) is 7.38. The Kier molecular flexibility index (Phi) is 6.25. The van der Waals surface area contributed by atoms with Gasteiger partial charge in [-0.2, -0.15) is 0 Å². The highest BCUT2D eigenvalue weighted by Crippen LogP contribution is 2.29. The van der Waals surface area contributed by atoms with E-state index in [1.54, 1.807) is 49.5 Å². The van der Waals surface area contributed by atoms with Crippen molar-refractivity contribution in [2.45, 2.75) is 13.5 Å². The number of nitrogens with zero attached hydrogens (tertiary/aromatic N) is 2. The lowest BCUT2D eigenvalue weighted by molar-refractivity contribution is 0.0521. The van der Waals surface area contributed by atoms with E-state index < -0.39 is 5.97 Å². The summed E-state index contributed by atoms with van der Waals surface area (Å²) in [5.41, 5.74) is 3.22. The molecule has 4 aromatic rings. The number of halogens is 2. The van der Waals surface area contributed by atoms with Gasteiger partial charge in [0.1, 0.15) is 29.8 Å². The van der Waals surface area contributed by atoms with E-state index in [4.69, 9.17) is 32.7 Å². The number of fused-ring (bicyclic) bond motifs is 1. The zero-order valence-electron chi connectivity index (χ0n) is 16.5. The van der Waals surface area contributed by atoms with E-state index in [2.05, 4.69) is 20.3 Å². The monoisotopic (exact) mass is 456 g/mol. The highest BCUT2D eigenvalue weighted by Gasteiger charge is 2.16. The molecule has 0 saturated heterocycles. The minimum atomic E-state index is -0.490. The lowest BCUT2D eigenvalue weighted by Gasteiger charge is -2.14. The molecule has 4 rings (SSSR count). The Morgan fingerprint density at radius 1 is 1.13 bits per heavy atom. The van der Waals surface area contributed by atoms with E-state index in [-0.39, 0.29) is 18.8 Å². The first-order valence-corrected chi connectivity index (χ1v) is 10.2. The molecule has 2 heterocycles. The summed E-state index contributed by atoms with van der Waals surface area (Å²) >= 11 is 12.2. The van der Waals surface area contributed by atoms with E-state index in [1.165, 1.54) is 6.33 Å². The molecule has 0 fully saturated rings. The van der Waals surface area contributed by atoms with Crippen molar-refractivity contribution in [3.8, 4) is 5.75 Å². The van der Waals surface area contributed by atoms with Crippen molar-refractivity contribution in [1.29, 1.82) is 0 Å². The summed E-state index contributed by atoms with van der Waals surface area (Å²) in [7, 11) is 0. The number of nitrogens with one attached hydrogen (secondary N) is 2. The molecule has 158 valence electrons. The summed E-state index contributed by atoms with van der Waals surface area (Å²) in [6.07, 6.45) is 3.26. The summed E-state index contributed by atoms with van der Waals surface area (Å²) in [4.78, 5) is 24.1. The van der Waals surface area contributed by atoms with Crippen molar-refractivity contribution in [2.24, 2.45) is 0 Å². The van der Waals surface area contributed by atoms with Gasteiger partial charge >= 0.3 is 5.97 Å². The van der Waals surface area contributed by atoms with Gasteiger partial charge in [0, 0.05) is 27.5 Å². The highest BCUT2D eigenvalue weighted by atomic mass is 35.5. The Morgan fingerprint density at radius 2 is 2.00 bits per heavy atom. The average molecular weight is 457 g/mol. The molecular formula is C22H18Cl2N4O3. The van der Waals surface area contributed by atoms with Crippen molar-refractivity contribution in [1.82, 2.24) is 15.0 Å². The zero-order chi connectivity index (χ0) is 21.8. The normalized spacial score (nSPS) is 10.8. The van der Waals surface area contributed by atoms with Gasteiger partial charge in [0.15, 0.2) is 5.82 Å². The molecule has 7 nitrogen and oxygen atoms in total. The molecule has 0 amide bonds. The van der Waals surface area contributed by atoms with Gasteiger partial charge in [-0.25, -0.2) is 14.8 Å². The first-order chi connectivity index (χ1) is 15.0. The van der Waals surface area contributed by atoms with E-state index in [0.717, 1.165) is 16.6 Å². The van der Waals surface area contributed by atoms with Gasteiger partial charge in [-0.15, -0.1) is 0 Å². The molecule has 0 aliphatic rings. The van der Waals surface area contributed by atoms with Crippen LogP contribution in [-0.4, -0.2) is 27.5 Å². The van der Waals surface area contributed by atoms with E-state index >= 15 is 0 Å². The standard InChI is InChI=1S/C22H18Cl2N4O3/c1-2-30-22(29)16-10-15(28-21-20-18(7-8-25-20)26-12-27-21)5-6-19(16)31-11-13-3-4-14(23)9-17(13)24/h3-10,12,25H,2,11H2,1H3,(H,26,27,28). The first-order valence-electron chi connectivity index (χ1n) is 9.48. The second-order valence-electron chi connectivity index (χ2n) is 6.54. The Labute approximate surface area is 188 Å². The fourth-order valence-corrected chi connectivity index (χ4v) is 3.46. The molecule has 0 bridgehead atoms. The summed E-state index contributed by atoms with van der Waals surface area (Å²) in [5, 5.41) is 4.23. The molecule has 0 radical (unpaired) electrons. The maximum absolute atomic E-state index is 12.6. The van der Waals surface area contributed by atoms with Crippen LogP contribution in [0.1, 0.15) is 22.8 Å². The minimum Gasteiger partial charge on any atom is -0.488 e. The molecule has 2 aromatic heterocycles. The smallest absolute Gasteiger partial charge is 0.341 e. The predicted molar refractivity (Wildman–Crippen MR) is 120 cm³/mol. The van der Waals surface area contributed by atoms with Crippen LogP contribution < -0.4 is 10.1 Å². The molecule has 0 atom stereocenters. The maximum atomic E-state index is 12.6. The van der Waals surface area contributed by atoms with Gasteiger partial charge in [-0.1, -0.05) is 29.3 Å². The average Bonchev–Trinajstić information content (AvgIpc) is 3.24. The Morgan fingerprint density at radius 3 is 2.81 bits per heavy atom. The SMILES string of the molecule is CCOC(=O)c1cc(Nc2ncnc3cc[nH]c23)ccc1OCc1ccc(Cl)cc1Cl. The first kappa shape index (κ1) is 21.0. The molecule has 0 aliphatic heterocycles. The Balaban J connectivity index is 1.61. The van der Waals surface area contributed by atoms with Crippen LogP contribution in [0.3, 0.4) is 0 Å². The van der Waals surface area contributed by atoms with Crippen LogP contribution in [0, 0.1) is 0 Å². The summed E-state index contributed by atoms with van der Waals surface area (Å²) in [6.45, 7) is 2.16. The third-order valence-corrected chi connectivity index (χ3v) is 5.07. The van der Waals surface area contributed by atoms with Crippen LogP contribution in [0.5, 0.6) is 5.75 Å². The van der Waals surface area contributed by atoms with Crippen LogP contribution in [-0.2, 0) is 11.3 Å². The summed E-state index contributed by atoms with van der Waals surface area (Å²) in [5.74, 6) is 0.477. The van der Waals surface area contributed by atoms with Gasteiger partial charge in [-0.05, 0) is 43.3 Å². The number of aromatic nitrogens is 3. The number of carbonyl (C=O) groups excluding carboxylic acids is 1. The van der Waals surface area contributed by atoms with Gasteiger partial charge in [0.05, 0.1) is 12.1 Å². The number of hydrogen-bond acceptors (Lipinski definition) is 6. The molecule has 0 aliphatic carbocycles. The van der Waals surface area contributed by atoms with Crippen LogP contribution in [0.4, 0.5) is 11.5 Å². The Hall–Kier alpha value is -3.29. The van der Waals surface area contributed by atoms with E-state index in [1.807, 2.05) is 6.07 Å². The van der Waals surface area contributed by atoms with Crippen molar-refractivity contribution in [2.75, 3.05) is 11.9 Å². The van der Waals surface area contributed by atoms with Crippen molar-refractivity contribution < 1.29 is 14.3 Å². The second kappa shape index (κ2) is 9.24. The van der Waals surface area contributed by atoms with Gasteiger partial charge in [0.25, 0.3) is 0 Å². The third kappa shape index (κ3) is 4.73. The topological polar surface area (TPSA) is 89.1 Å². The van der Waals surface area contributed by atoms with E-state index in [0.29, 0.717) is 27.3 Å². The molecule has 0 unspecified atom stereocenters. The third-order valence-electron chi connectivity index (χ3n) is 4.48. The number of hydrogen-bond donors (Lipinski definition) is 2. The predicted octanol–water partition coefficient (Wildman–Crippen LogP) is 5.76. The molecule has 2 N–H and O–H groups in total. The summed E-state index contributed by atoms with van der Waals surface area (Å²) in [6, 6.07) is 12.2. The minimum absolute atomic E-state index is 0.171. The molecule has 31 heavy (non-hydrogen) atoms. The lowest BCUT2D eigenvalue weighted by Crippen LogP contribution is -2.09. The van der Waals surface area contributed by atoms with Crippen LogP contribution in [0.2, 0.25) is 10.0 Å². The number of esters is 1. The molecular weight excluding hydrogens is 439 g/mol. The number of carbonyl (C=O) groups is 1. The van der Waals surface area contributed by atoms with Gasteiger partial charge in [0.2, 0.25) is 0 Å². The van der Waals surface area contributed by atoms with Crippen molar-refractivity contribution in [3.05, 3.63) is 76.2 Å². The number of benzene rings is 2. The van der Waals surface area contributed by atoms with Crippen LogP contribution in [0.25, 0.3) is 11.0 Å². The van der Waals surface area contributed by atoms with Crippen LogP contribution in [0.15, 0.2) is 55.0 Å². The molecule has 0 spiro atoms. The fraction of sp³-hybridized carbons (Fsp3) is 0.136. The van der Waals surface area contributed by atoms with Gasteiger partial charge < -0.3 is 19.8 Å². The number of anilines is 2. The fourth-order valence-electron chi connectivity index (χ4n) is 3.00. The zero-order valence-corrected chi connectivity index (χ0v) is 18.0. The summed E-state index contributed by atoms with van der Waals surface area (Å²) < 4.78 is 11.1. The number of rotatable bonds is 7. The van der Waals surface area contributed by atoms with E-state index in [9.17, 15) is 4.79 Å². The largest absolute Gasteiger partial charge is 0.488 e. The van der Waals surface area contributed by atoms with Crippen molar-refractivity contribution in [3.63, 3.8) is 0 Å². The number of ether oxygens (including phenoxy) is 2. The molecule has 9 heteroatoms. The quantitative estimate of drug-likeness (QED) is 0.343. The van der Waals surface area contributed by atoms with Crippen molar-refractivity contribution >= 4 is 51.7 Å². The Bertz CT molecular complexity index is 1240. The number of aromatic amines is 1. The molecule has 0 saturated carbocycles. The maximum Gasteiger partial charge on any atom is 0.341 e. The molecule has 2 aromatic carbocycles. The lowest BCUT2D eigenvalue weighted by atomic mass is 10.1. The van der Waals surface area contributed by atoms with Crippen LogP contribution >= 0.6 is 23.2 Å². The number of H-pyrrole nitrogens is 1. The highest BCUT2D eigenvalue weighted by molar-refractivity contribution is 6.35. The van der Waals surface area contributed by atoms with Gasteiger partial charge in [-0.3, -0.25) is 0 Å².